The summed E-state index contributed by atoms with van der Waals surface area (Å²) in [5.41, 5.74) is 8.44. The first-order chi connectivity index (χ1) is 10.0. The lowest BCUT2D eigenvalue weighted by Gasteiger charge is -2.42. The minimum Gasteiger partial charge on any atom is -0.246 e. The van der Waals surface area contributed by atoms with Gasteiger partial charge in [-0.05, 0) is 107 Å². The van der Waals surface area contributed by atoms with Crippen LogP contribution in [0.2, 0.25) is 0 Å². The van der Waals surface area contributed by atoms with E-state index in [0.717, 1.165) is 0 Å². The van der Waals surface area contributed by atoms with Crippen LogP contribution in [0, 0.1) is 13.8 Å². The van der Waals surface area contributed by atoms with Crippen LogP contribution in [0.3, 0.4) is 0 Å². The molecule has 0 N–H and O–H groups in total. The van der Waals surface area contributed by atoms with Gasteiger partial charge in [-0.15, -0.1) is 0 Å². The second-order valence-electron chi connectivity index (χ2n) is 7.18. The smallest absolute Gasteiger partial charge is 0.0806 e. The average molecular weight is 428 g/mol. The monoisotopic (exact) mass is 426 g/mol. The highest BCUT2D eigenvalue weighted by Crippen LogP contribution is 2.65. The predicted molar refractivity (Wildman–Crippen MR) is 99.9 cm³/mol. The molecule has 0 saturated heterocycles. The van der Waals surface area contributed by atoms with Gasteiger partial charge < -0.3 is 0 Å². The van der Waals surface area contributed by atoms with Crippen molar-refractivity contribution in [2.24, 2.45) is 0 Å². The van der Waals surface area contributed by atoms with E-state index < -0.39 is 0 Å². The Balaban J connectivity index is 2.52. The van der Waals surface area contributed by atoms with Crippen LogP contribution in [0.5, 0.6) is 0 Å². The largest absolute Gasteiger partial charge is 0.246 e. The first-order valence-electron chi connectivity index (χ1n) is 7.67. The summed E-state index contributed by atoms with van der Waals surface area (Å²) in [4.78, 5) is 0. The minimum atomic E-state index is -0.0737. The maximum Gasteiger partial charge on any atom is 0.0806 e. The molecule has 3 rings (SSSR count). The second kappa shape index (κ2) is 4.69. The van der Waals surface area contributed by atoms with Gasteiger partial charge in [0, 0.05) is 23.0 Å². The molecule has 120 valence electrons. The summed E-state index contributed by atoms with van der Waals surface area (Å²) in [6.07, 6.45) is 0. The zero-order chi connectivity index (χ0) is 16.8. The molecule has 2 aliphatic rings. The van der Waals surface area contributed by atoms with E-state index in [4.69, 9.17) is 0 Å². The quantitative estimate of drug-likeness (QED) is 0.553. The molecular formula is C18H24Br2N2. The first kappa shape index (κ1) is 16.7. The van der Waals surface area contributed by atoms with Gasteiger partial charge >= 0.3 is 0 Å². The third kappa shape index (κ3) is 1.53. The highest BCUT2D eigenvalue weighted by molar-refractivity contribution is 9.13. The fraction of sp³-hybridized carbons (Fsp3) is 0.556. The summed E-state index contributed by atoms with van der Waals surface area (Å²) in [6, 6.07) is 0. The van der Waals surface area contributed by atoms with Gasteiger partial charge in [0.1, 0.15) is 0 Å². The molecule has 2 nitrogen and oxygen atoms in total. The van der Waals surface area contributed by atoms with Gasteiger partial charge in [-0.1, -0.05) is 0 Å². The van der Waals surface area contributed by atoms with E-state index in [1.165, 1.54) is 42.3 Å². The summed E-state index contributed by atoms with van der Waals surface area (Å²) >= 11 is 7.59. The molecule has 0 saturated carbocycles. The highest BCUT2D eigenvalue weighted by atomic mass is 79.9. The molecule has 0 unspecified atom stereocenters. The van der Waals surface area contributed by atoms with E-state index in [0.29, 0.717) is 0 Å². The summed E-state index contributed by atoms with van der Waals surface area (Å²) in [7, 11) is 4.31. The highest BCUT2D eigenvalue weighted by Gasteiger charge is 2.63. The molecule has 0 fully saturated rings. The minimum absolute atomic E-state index is 0.0737. The van der Waals surface area contributed by atoms with Crippen LogP contribution in [-0.4, -0.2) is 24.1 Å². The topological polar surface area (TPSA) is 6.48 Å². The van der Waals surface area contributed by atoms with E-state index >= 15 is 0 Å². The molecule has 0 spiro atoms. The molecule has 1 aromatic rings. The Morgan fingerprint density at radius 3 is 1.36 bits per heavy atom. The SMILES string of the molecule is CC1=C(C)[C@]2(C)c3c(C)c(Br)c(Br)c(C)c3[C@@]1(C)N2N(C)C. The van der Waals surface area contributed by atoms with E-state index in [1.54, 1.807) is 0 Å². The molecule has 0 amide bonds. The van der Waals surface area contributed by atoms with Crippen molar-refractivity contribution in [2.75, 3.05) is 14.1 Å². The van der Waals surface area contributed by atoms with Gasteiger partial charge in [0.25, 0.3) is 0 Å². The summed E-state index contributed by atoms with van der Waals surface area (Å²) in [5.74, 6) is 0. The Kier molecular flexibility index (Phi) is 3.55. The number of hydrazine groups is 1. The Hall–Kier alpha value is -0.160. The van der Waals surface area contributed by atoms with Crippen LogP contribution in [0.4, 0.5) is 0 Å². The molecule has 22 heavy (non-hydrogen) atoms. The molecular weight excluding hydrogens is 404 g/mol. The summed E-state index contributed by atoms with van der Waals surface area (Å²) in [6.45, 7) is 13.8. The molecule has 4 heteroatoms. The van der Waals surface area contributed by atoms with Crippen molar-refractivity contribution in [1.29, 1.82) is 0 Å². The van der Waals surface area contributed by atoms with Crippen molar-refractivity contribution in [1.82, 2.24) is 10.0 Å². The molecule has 2 atom stereocenters. The van der Waals surface area contributed by atoms with E-state index in [2.05, 4.69) is 97.5 Å². The Labute approximate surface area is 150 Å². The van der Waals surface area contributed by atoms with Crippen molar-refractivity contribution in [3.05, 3.63) is 42.3 Å². The predicted octanol–water partition coefficient (Wildman–Crippen LogP) is 5.40. The Morgan fingerprint density at radius 1 is 0.773 bits per heavy atom. The maximum absolute atomic E-state index is 3.79. The van der Waals surface area contributed by atoms with Gasteiger partial charge in [0.05, 0.1) is 11.1 Å². The third-order valence-corrected chi connectivity index (χ3v) is 8.61. The van der Waals surface area contributed by atoms with Crippen molar-refractivity contribution < 1.29 is 0 Å². The Morgan fingerprint density at radius 2 is 1.09 bits per heavy atom. The van der Waals surface area contributed by atoms with Crippen molar-refractivity contribution in [3.63, 3.8) is 0 Å². The van der Waals surface area contributed by atoms with Gasteiger partial charge in [0.15, 0.2) is 0 Å². The Bertz CT molecular complexity index is 678. The van der Waals surface area contributed by atoms with Crippen LogP contribution < -0.4 is 0 Å². The molecule has 0 aromatic heterocycles. The van der Waals surface area contributed by atoms with Crippen LogP contribution in [0.1, 0.15) is 49.9 Å². The molecule has 2 bridgehead atoms. The summed E-state index contributed by atoms with van der Waals surface area (Å²) in [5, 5.41) is 4.81. The van der Waals surface area contributed by atoms with Crippen LogP contribution in [0.15, 0.2) is 20.1 Å². The lowest BCUT2D eigenvalue weighted by atomic mass is 9.72. The maximum atomic E-state index is 3.79. The summed E-state index contributed by atoms with van der Waals surface area (Å²) < 4.78 is 2.37. The number of rotatable bonds is 1. The molecule has 2 heterocycles. The standard InChI is InChI=1S/C18H24Br2N2/c1-9-13-14(10(2)16(20)15(9)19)18(6)12(4)11(3)17(13,5)22(18)21(7)8/h1-8H3/t17-,18+. The lowest BCUT2D eigenvalue weighted by Crippen LogP contribution is -2.51. The molecule has 1 aromatic carbocycles. The van der Waals surface area contributed by atoms with Crippen molar-refractivity contribution in [3.8, 4) is 0 Å². The number of nitrogens with zero attached hydrogens (tertiary/aromatic N) is 2. The first-order valence-corrected chi connectivity index (χ1v) is 9.26. The van der Waals surface area contributed by atoms with Crippen LogP contribution in [-0.2, 0) is 11.1 Å². The van der Waals surface area contributed by atoms with Crippen molar-refractivity contribution in [2.45, 2.75) is 52.6 Å². The fourth-order valence-electron chi connectivity index (χ4n) is 5.02. The number of benzene rings is 1. The van der Waals surface area contributed by atoms with Gasteiger partial charge in [-0.2, -0.15) is 0 Å². The van der Waals surface area contributed by atoms with Gasteiger partial charge in [-0.3, -0.25) is 0 Å². The normalized spacial score (nSPS) is 30.7. The zero-order valence-corrected chi connectivity index (χ0v) is 17.8. The van der Waals surface area contributed by atoms with Gasteiger partial charge in [-0.25, -0.2) is 10.0 Å². The average Bonchev–Trinajstić information content (AvgIpc) is 2.75. The molecule has 0 radical (unpaired) electrons. The molecule has 2 aliphatic heterocycles. The van der Waals surface area contributed by atoms with E-state index in [9.17, 15) is 0 Å². The fourth-order valence-corrected chi connectivity index (χ4v) is 6.01. The number of fused-ring (bicyclic) bond motifs is 5. The van der Waals surface area contributed by atoms with Crippen molar-refractivity contribution >= 4 is 31.9 Å². The van der Waals surface area contributed by atoms with E-state index in [1.807, 2.05) is 0 Å². The lowest BCUT2D eigenvalue weighted by molar-refractivity contribution is -0.0910. The van der Waals surface area contributed by atoms with Crippen LogP contribution in [0.25, 0.3) is 0 Å². The third-order valence-electron chi connectivity index (χ3n) is 6.09. The second-order valence-corrected chi connectivity index (χ2v) is 8.77. The van der Waals surface area contributed by atoms with Crippen LogP contribution >= 0.6 is 31.9 Å². The number of hydrogen-bond donors (Lipinski definition) is 0. The number of hydrogen-bond acceptors (Lipinski definition) is 2. The zero-order valence-electron chi connectivity index (χ0n) is 14.7. The van der Waals surface area contributed by atoms with Gasteiger partial charge in [0.2, 0.25) is 0 Å². The number of halogens is 2. The van der Waals surface area contributed by atoms with E-state index in [-0.39, 0.29) is 11.1 Å². The molecule has 0 aliphatic carbocycles.